The highest BCUT2D eigenvalue weighted by molar-refractivity contribution is 9.10. The fourth-order valence-corrected chi connectivity index (χ4v) is 3.52. The Bertz CT molecular complexity index is 934. The molecule has 23 heavy (non-hydrogen) atoms. The van der Waals surface area contributed by atoms with Crippen LogP contribution in [0.1, 0.15) is 5.56 Å². The first-order chi connectivity index (χ1) is 11.0. The van der Waals surface area contributed by atoms with Crippen molar-refractivity contribution in [1.82, 2.24) is 9.71 Å². The number of benzene rings is 2. The number of ether oxygens (including phenoxy) is 1. The van der Waals surface area contributed by atoms with Crippen LogP contribution in [0.5, 0.6) is 5.75 Å². The monoisotopic (exact) mass is 394 g/mol. The van der Waals surface area contributed by atoms with E-state index < -0.39 is 10.0 Å². The lowest BCUT2D eigenvalue weighted by Gasteiger charge is -2.05. The average molecular weight is 395 g/mol. The summed E-state index contributed by atoms with van der Waals surface area (Å²) in [6, 6.07) is 14.4. The molecular formula is C16H15BrN2O3S. The molecule has 0 unspecified atom stereocenters. The van der Waals surface area contributed by atoms with Gasteiger partial charge in [-0.05, 0) is 42.0 Å². The number of aromatic amines is 1. The first-order valence-corrected chi connectivity index (χ1v) is 9.16. The van der Waals surface area contributed by atoms with Crippen LogP contribution in [0.3, 0.4) is 0 Å². The Morgan fingerprint density at radius 1 is 1.13 bits per heavy atom. The molecule has 7 heteroatoms. The molecule has 0 atom stereocenters. The summed E-state index contributed by atoms with van der Waals surface area (Å²) in [5, 5.41) is 0.922. The molecule has 0 bridgehead atoms. The van der Waals surface area contributed by atoms with Gasteiger partial charge in [-0.2, -0.15) is 0 Å². The third-order valence-corrected chi connectivity index (χ3v) is 5.32. The Balaban J connectivity index is 1.82. The fraction of sp³-hybridized carbons (Fsp3) is 0.125. The van der Waals surface area contributed by atoms with Crippen LogP contribution in [0.4, 0.5) is 0 Å². The SMILES string of the molecule is COc1ccc2[nH]c(S(=O)(=O)NCc3ccc(Br)cc3)cc2c1. The minimum Gasteiger partial charge on any atom is -0.497 e. The van der Waals surface area contributed by atoms with Gasteiger partial charge in [0, 0.05) is 21.9 Å². The summed E-state index contributed by atoms with van der Waals surface area (Å²) in [5.74, 6) is 0.684. The number of halogens is 1. The minimum absolute atomic E-state index is 0.137. The van der Waals surface area contributed by atoms with Crippen molar-refractivity contribution in [2.75, 3.05) is 7.11 Å². The Hall–Kier alpha value is -1.83. The number of rotatable bonds is 5. The molecule has 0 radical (unpaired) electrons. The van der Waals surface area contributed by atoms with Crippen molar-refractivity contribution < 1.29 is 13.2 Å². The number of sulfonamides is 1. The van der Waals surface area contributed by atoms with Gasteiger partial charge in [0.25, 0.3) is 10.0 Å². The third kappa shape index (κ3) is 3.57. The second kappa shape index (κ2) is 6.35. The molecular weight excluding hydrogens is 380 g/mol. The third-order valence-electron chi connectivity index (χ3n) is 3.47. The summed E-state index contributed by atoms with van der Waals surface area (Å²) in [6.45, 7) is 0.230. The van der Waals surface area contributed by atoms with E-state index in [1.165, 1.54) is 0 Å². The maximum atomic E-state index is 12.4. The van der Waals surface area contributed by atoms with Crippen molar-refractivity contribution in [3.8, 4) is 5.75 Å². The highest BCUT2D eigenvalue weighted by atomic mass is 79.9. The largest absolute Gasteiger partial charge is 0.497 e. The van der Waals surface area contributed by atoms with Gasteiger partial charge >= 0.3 is 0 Å². The standard InChI is InChI=1S/C16H15BrN2O3S/c1-22-14-6-7-15-12(8-14)9-16(19-15)23(20,21)18-10-11-2-4-13(17)5-3-11/h2-9,18-19H,10H2,1H3. The van der Waals surface area contributed by atoms with Crippen molar-refractivity contribution in [3.63, 3.8) is 0 Å². The van der Waals surface area contributed by atoms with Gasteiger partial charge in [-0.1, -0.05) is 28.1 Å². The molecule has 2 aromatic carbocycles. The van der Waals surface area contributed by atoms with Gasteiger partial charge < -0.3 is 9.72 Å². The maximum absolute atomic E-state index is 12.4. The van der Waals surface area contributed by atoms with E-state index in [2.05, 4.69) is 25.6 Å². The zero-order valence-corrected chi connectivity index (χ0v) is 14.7. The van der Waals surface area contributed by atoms with Crippen molar-refractivity contribution >= 4 is 36.9 Å². The van der Waals surface area contributed by atoms with Crippen LogP contribution in [-0.4, -0.2) is 20.5 Å². The molecule has 0 amide bonds. The number of H-pyrrole nitrogens is 1. The predicted octanol–water partition coefficient (Wildman–Crippen LogP) is 3.42. The number of methoxy groups -OCH3 is 1. The normalized spacial score (nSPS) is 11.7. The number of hydrogen-bond acceptors (Lipinski definition) is 3. The Morgan fingerprint density at radius 3 is 2.57 bits per heavy atom. The van der Waals surface area contributed by atoms with Crippen molar-refractivity contribution in [3.05, 3.63) is 58.6 Å². The summed E-state index contributed by atoms with van der Waals surface area (Å²) in [6.07, 6.45) is 0. The van der Waals surface area contributed by atoms with Crippen molar-refractivity contribution in [2.24, 2.45) is 0 Å². The summed E-state index contributed by atoms with van der Waals surface area (Å²) < 4.78 is 33.5. The van der Waals surface area contributed by atoms with Gasteiger partial charge in [-0.15, -0.1) is 0 Å². The lowest BCUT2D eigenvalue weighted by atomic mass is 10.2. The molecule has 3 rings (SSSR count). The van der Waals surface area contributed by atoms with E-state index >= 15 is 0 Å². The highest BCUT2D eigenvalue weighted by Crippen LogP contribution is 2.23. The molecule has 3 aromatic rings. The van der Waals surface area contributed by atoms with Gasteiger partial charge in [0.05, 0.1) is 7.11 Å². The quantitative estimate of drug-likeness (QED) is 0.696. The summed E-state index contributed by atoms with van der Waals surface area (Å²) in [5.41, 5.74) is 1.63. The van der Waals surface area contributed by atoms with E-state index in [4.69, 9.17) is 4.74 Å². The van der Waals surface area contributed by atoms with Crippen molar-refractivity contribution in [1.29, 1.82) is 0 Å². The summed E-state index contributed by atoms with van der Waals surface area (Å²) in [7, 11) is -2.03. The van der Waals surface area contributed by atoms with Gasteiger partial charge in [-0.3, -0.25) is 0 Å². The molecule has 1 aromatic heterocycles. The van der Waals surface area contributed by atoms with Crippen molar-refractivity contribution in [2.45, 2.75) is 11.6 Å². The van der Waals surface area contributed by atoms with Crippen LogP contribution in [0.25, 0.3) is 10.9 Å². The molecule has 0 fully saturated rings. The van der Waals surface area contributed by atoms with Gasteiger partial charge in [-0.25, -0.2) is 13.1 Å². The second-order valence-electron chi connectivity index (χ2n) is 5.04. The summed E-state index contributed by atoms with van der Waals surface area (Å²) in [4.78, 5) is 2.92. The molecule has 0 aliphatic carbocycles. The Labute approximate surface area is 142 Å². The first-order valence-electron chi connectivity index (χ1n) is 6.89. The van der Waals surface area contributed by atoms with Gasteiger partial charge in [0.15, 0.2) is 0 Å². The molecule has 0 aliphatic rings. The first kappa shape index (κ1) is 16.0. The van der Waals surface area contributed by atoms with Crippen LogP contribution < -0.4 is 9.46 Å². The average Bonchev–Trinajstić information content (AvgIpc) is 2.98. The topological polar surface area (TPSA) is 71.2 Å². The van der Waals surface area contributed by atoms with E-state index in [-0.39, 0.29) is 11.6 Å². The van der Waals surface area contributed by atoms with E-state index in [1.54, 1.807) is 31.4 Å². The number of aromatic nitrogens is 1. The smallest absolute Gasteiger partial charge is 0.256 e. The molecule has 0 saturated carbocycles. The zero-order valence-electron chi connectivity index (χ0n) is 12.3. The van der Waals surface area contributed by atoms with Gasteiger partial charge in [0.2, 0.25) is 0 Å². The van der Waals surface area contributed by atoms with E-state index in [1.807, 2.05) is 24.3 Å². The highest BCUT2D eigenvalue weighted by Gasteiger charge is 2.17. The van der Waals surface area contributed by atoms with Crippen LogP contribution in [0, 0.1) is 0 Å². The minimum atomic E-state index is -3.61. The fourth-order valence-electron chi connectivity index (χ4n) is 2.21. The molecule has 5 nitrogen and oxygen atoms in total. The van der Waals surface area contributed by atoms with Crippen LogP contribution in [-0.2, 0) is 16.6 Å². The molecule has 0 aliphatic heterocycles. The lowest BCUT2D eigenvalue weighted by molar-refractivity contribution is 0.415. The Morgan fingerprint density at radius 2 is 1.87 bits per heavy atom. The van der Waals surface area contributed by atoms with Crippen LogP contribution >= 0.6 is 15.9 Å². The van der Waals surface area contributed by atoms with E-state index in [0.29, 0.717) is 5.75 Å². The number of fused-ring (bicyclic) bond motifs is 1. The van der Waals surface area contributed by atoms with Crippen LogP contribution in [0.15, 0.2) is 58.0 Å². The maximum Gasteiger partial charge on any atom is 0.256 e. The molecule has 120 valence electrons. The zero-order chi connectivity index (χ0) is 16.4. The summed E-state index contributed by atoms with van der Waals surface area (Å²) >= 11 is 3.35. The molecule has 2 N–H and O–H groups in total. The molecule has 1 heterocycles. The van der Waals surface area contributed by atoms with E-state index in [9.17, 15) is 8.42 Å². The molecule has 0 saturated heterocycles. The predicted molar refractivity (Wildman–Crippen MR) is 93.0 cm³/mol. The second-order valence-corrected chi connectivity index (χ2v) is 7.69. The van der Waals surface area contributed by atoms with E-state index in [0.717, 1.165) is 20.9 Å². The van der Waals surface area contributed by atoms with Gasteiger partial charge in [0.1, 0.15) is 10.8 Å². The Kier molecular flexibility index (Phi) is 4.43. The molecule has 0 spiro atoms. The van der Waals surface area contributed by atoms with Crippen LogP contribution in [0.2, 0.25) is 0 Å². The number of nitrogens with one attached hydrogen (secondary N) is 2. The lowest BCUT2D eigenvalue weighted by Crippen LogP contribution is -2.23. The number of hydrogen-bond donors (Lipinski definition) is 2.